The topological polar surface area (TPSA) is 84.0 Å². The van der Waals surface area contributed by atoms with Crippen molar-refractivity contribution in [3.8, 4) is 0 Å². The van der Waals surface area contributed by atoms with Gasteiger partial charge in [-0.25, -0.2) is 0 Å². The number of hydrogen-bond acceptors (Lipinski definition) is 4. The molecule has 1 aliphatic heterocycles. The van der Waals surface area contributed by atoms with Crippen molar-refractivity contribution in [1.29, 1.82) is 0 Å². The summed E-state index contributed by atoms with van der Waals surface area (Å²) in [5.74, 6) is 0.810. The predicted octanol–water partition coefficient (Wildman–Crippen LogP) is 3.54. The van der Waals surface area contributed by atoms with Gasteiger partial charge in [-0.15, -0.1) is 24.0 Å². The standard InChI is InChI=1S/C22H36N4O3.HI/c1-4-17(2)21(27)26-19-9-5-8-18(14-19)15-25-22(23-3)24-11-7-12-28-16-20-10-6-13-29-20;/h5,8-9,14,17,20H,4,6-7,10-13,15-16H2,1-3H3,(H,26,27)(H2,23,24,25);1H. The van der Waals surface area contributed by atoms with Crippen LogP contribution in [0.5, 0.6) is 0 Å². The lowest BCUT2D eigenvalue weighted by atomic mass is 10.1. The van der Waals surface area contributed by atoms with Crippen molar-refractivity contribution in [2.75, 3.05) is 38.7 Å². The quantitative estimate of drug-likeness (QED) is 0.176. The molecule has 2 atom stereocenters. The largest absolute Gasteiger partial charge is 0.379 e. The lowest BCUT2D eigenvalue weighted by Crippen LogP contribution is -2.37. The maximum atomic E-state index is 12.1. The summed E-state index contributed by atoms with van der Waals surface area (Å²) in [6, 6.07) is 7.87. The molecule has 0 bridgehead atoms. The van der Waals surface area contributed by atoms with Crippen LogP contribution >= 0.6 is 24.0 Å². The van der Waals surface area contributed by atoms with Gasteiger partial charge in [0.2, 0.25) is 5.91 Å². The maximum Gasteiger partial charge on any atom is 0.227 e. The van der Waals surface area contributed by atoms with Gasteiger partial charge in [0.25, 0.3) is 0 Å². The van der Waals surface area contributed by atoms with Gasteiger partial charge in [-0.2, -0.15) is 0 Å². The van der Waals surface area contributed by atoms with Crippen molar-refractivity contribution in [3.63, 3.8) is 0 Å². The molecule has 30 heavy (non-hydrogen) atoms. The third-order valence-electron chi connectivity index (χ3n) is 5.02. The molecule has 1 saturated heterocycles. The molecule has 2 rings (SSSR count). The summed E-state index contributed by atoms with van der Waals surface area (Å²) in [6.45, 7) is 7.63. The Kier molecular flexibility index (Phi) is 13.7. The SMILES string of the molecule is CCC(C)C(=O)Nc1cccc(CNC(=NC)NCCCOCC2CCCO2)c1.I. The van der Waals surface area contributed by atoms with Crippen LogP contribution in [0.4, 0.5) is 5.69 Å². The van der Waals surface area contributed by atoms with E-state index >= 15 is 0 Å². The van der Waals surface area contributed by atoms with Crippen LogP contribution < -0.4 is 16.0 Å². The second-order valence-corrected chi connectivity index (χ2v) is 7.41. The van der Waals surface area contributed by atoms with E-state index in [0.29, 0.717) is 19.8 Å². The molecule has 1 amide bonds. The zero-order valence-electron chi connectivity index (χ0n) is 18.4. The Bertz CT molecular complexity index is 651. The number of hydrogen-bond donors (Lipinski definition) is 3. The molecular weight excluding hydrogens is 495 g/mol. The molecule has 1 aromatic carbocycles. The highest BCUT2D eigenvalue weighted by Crippen LogP contribution is 2.13. The lowest BCUT2D eigenvalue weighted by molar-refractivity contribution is -0.119. The molecule has 8 heteroatoms. The zero-order valence-corrected chi connectivity index (χ0v) is 20.7. The highest BCUT2D eigenvalue weighted by Gasteiger charge is 2.15. The van der Waals surface area contributed by atoms with E-state index < -0.39 is 0 Å². The number of aliphatic imine (C=N–C) groups is 1. The number of rotatable bonds is 11. The van der Waals surface area contributed by atoms with Crippen LogP contribution in [0, 0.1) is 5.92 Å². The minimum Gasteiger partial charge on any atom is -0.379 e. The van der Waals surface area contributed by atoms with E-state index in [1.165, 1.54) is 0 Å². The van der Waals surface area contributed by atoms with Gasteiger partial charge in [0, 0.05) is 45.0 Å². The molecular formula is C22H37IN4O3. The second-order valence-electron chi connectivity index (χ2n) is 7.41. The predicted molar refractivity (Wildman–Crippen MR) is 133 cm³/mol. The van der Waals surface area contributed by atoms with E-state index in [1.54, 1.807) is 7.05 Å². The van der Waals surface area contributed by atoms with Gasteiger partial charge < -0.3 is 25.4 Å². The van der Waals surface area contributed by atoms with Crippen LogP contribution in [0.1, 0.15) is 45.1 Å². The van der Waals surface area contributed by atoms with Crippen LogP contribution in [-0.2, 0) is 20.8 Å². The van der Waals surface area contributed by atoms with E-state index in [1.807, 2.05) is 38.1 Å². The number of ether oxygens (including phenoxy) is 2. The smallest absolute Gasteiger partial charge is 0.227 e. The molecule has 0 aliphatic carbocycles. The number of amides is 1. The van der Waals surface area contributed by atoms with Crippen molar-refractivity contribution in [2.24, 2.45) is 10.9 Å². The fraction of sp³-hybridized carbons (Fsp3) is 0.636. The molecule has 0 spiro atoms. The summed E-state index contributed by atoms with van der Waals surface area (Å²) in [5, 5.41) is 9.57. The normalized spacial score (nSPS) is 17.2. The Hall–Kier alpha value is -1.39. The maximum absolute atomic E-state index is 12.1. The molecule has 2 unspecified atom stereocenters. The van der Waals surface area contributed by atoms with Crippen molar-refractivity contribution in [1.82, 2.24) is 10.6 Å². The minimum absolute atomic E-state index is 0. The number of carbonyl (C=O) groups excluding carboxylic acids is 1. The Morgan fingerprint density at radius 3 is 2.90 bits per heavy atom. The number of guanidine groups is 1. The van der Waals surface area contributed by atoms with Crippen LogP contribution in [0.2, 0.25) is 0 Å². The van der Waals surface area contributed by atoms with Crippen LogP contribution in [0.15, 0.2) is 29.3 Å². The average Bonchev–Trinajstić information content (AvgIpc) is 3.25. The number of nitrogens with one attached hydrogen (secondary N) is 3. The van der Waals surface area contributed by atoms with Gasteiger partial charge in [0.05, 0.1) is 12.7 Å². The zero-order chi connectivity index (χ0) is 20.9. The highest BCUT2D eigenvalue weighted by molar-refractivity contribution is 14.0. The molecule has 1 aliphatic rings. The van der Waals surface area contributed by atoms with Crippen molar-refractivity contribution < 1.29 is 14.3 Å². The van der Waals surface area contributed by atoms with Crippen LogP contribution in [0.3, 0.4) is 0 Å². The van der Waals surface area contributed by atoms with Crippen LogP contribution in [0.25, 0.3) is 0 Å². The monoisotopic (exact) mass is 532 g/mol. The van der Waals surface area contributed by atoms with Gasteiger partial charge in [0.1, 0.15) is 0 Å². The van der Waals surface area contributed by atoms with Crippen molar-refractivity contribution in [2.45, 2.75) is 52.2 Å². The van der Waals surface area contributed by atoms with E-state index in [0.717, 1.165) is 56.0 Å². The van der Waals surface area contributed by atoms with Gasteiger partial charge in [0.15, 0.2) is 5.96 Å². The molecule has 0 saturated carbocycles. The molecule has 170 valence electrons. The Morgan fingerprint density at radius 2 is 2.20 bits per heavy atom. The Labute approximate surface area is 197 Å². The van der Waals surface area contributed by atoms with E-state index in [4.69, 9.17) is 9.47 Å². The summed E-state index contributed by atoms with van der Waals surface area (Å²) >= 11 is 0. The summed E-state index contributed by atoms with van der Waals surface area (Å²) in [6.07, 6.45) is 4.27. The number of anilines is 1. The van der Waals surface area contributed by atoms with E-state index in [2.05, 4.69) is 20.9 Å². The summed E-state index contributed by atoms with van der Waals surface area (Å²) < 4.78 is 11.2. The molecule has 1 aromatic rings. The van der Waals surface area contributed by atoms with Crippen LogP contribution in [-0.4, -0.2) is 51.4 Å². The van der Waals surface area contributed by atoms with Crippen molar-refractivity contribution >= 4 is 41.5 Å². The van der Waals surface area contributed by atoms with E-state index in [-0.39, 0.29) is 41.9 Å². The van der Waals surface area contributed by atoms with Crippen molar-refractivity contribution in [3.05, 3.63) is 29.8 Å². The number of nitrogens with zero attached hydrogens (tertiary/aromatic N) is 1. The first-order valence-corrected chi connectivity index (χ1v) is 10.7. The molecule has 7 nitrogen and oxygen atoms in total. The fourth-order valence-electron chi connectivity index (χ4n) is 2.99. The molecule has 0 aromatic heterocycles. The van der Waals surface area contributed by atoms with Gasteiger partial charge in [-0.1, -0.05) is 26.0 Å². The third kappa shape index (κ3) is 10.1. The Balaban J connectivity index is 0.00000450. The third-order valence-corrected chi connectivity index (χ3v) is 5.02. The molecule has 3 N–H and O–H groups in total. The fourth-order valence-corrected chi connectivity index (χ4v) is 2.99. The van der Waals surface area contributed by atoms with E-state index in [9.17, 15) is 4.79 Å². The first-order chi connectivity index (χ1) is 14.1. The molecule has 1 heterocycles. The van der Waals surface area contributed by atoms with Gasteiger partial charge >= 0.3 is 0 Å². The second kappa shape index (κ2) is 15.4. The Morgan fingerprint density at radius 1 is 1.37 bits per heavy atom. The van der Waals surface area contributed by atoms with Gasteiger partial charge in [-0.05, 0) is 43.4 Å². The van der Waals surface area contributed by atoms with Gasteiger partial charge in [-0.3, -0.25) is 9.79 Å². The number of carbonyl (C=O) groups is 1. The summed E-state index contributed by atoms with van der Waals surface area (Å²) in [5.41, 5.74) is 1.90. The average molecular weight is 532 g/mol. The summed E-state index contributed by atoms with van der Waals surface area (Å²) in [4.78, 5) is 16.3. The molecule has 1 fully saturated rings. The number of benzene rings is 1. The first kappa shape index (κ1) is 26.6. The highest BCUT2D eigenvalue weighted by atomic mass is 127. The summed E-state index contributed by atoms with van der Waals surface area (Å²) in [7, 11) is 1.76. The minimum atomic E-state index is 0. The lowest BCUT2D eigenvalue weighted by Gasteiger charge is -2.14. The first-order valence-electron chi connectivity index (χ1n) is 10.7. The molecule has 0 radical (unpaired) electrons. The number of halogens is 1.